The predicted molar refractivity (Wildman–Crippen MR) is 112 cm³/mol. The van der Waals surface area contributed by atoms with Crippen LogP contribution in [0, 0.1) is 5.92 Å². The van der Waals surface area contributed by atoms with Crippen LogP contribution in [-0.2, 0) is 4.84 Å². The lowest BCUT2D eigenvalue weighted by Gasteiger charge is -2.32. The molecule has 6 heteroatoms. The number of hydrogen-bond acceptors (Lipinski definition) is 6. The van der Waals surface area contributed by atoms with Crippen LogP contribution in [0.15, 0.2) is 60.4 Å². The van der Waals surface area contributed by atoms with Crippen molar-refractivity contribution in [1.82, 2.24) is 10.2 Å². The van der Waals surface area contributed by atoms with Crippen molar-refractivity contribution in [3.05, 3.63) is 60.8 Å². The zero-order chi connectivity index (χ0) is 19.4. The molecule has 2 heterocycles. The molecule has 0 unspecified atom stereocenters. The summed E-state index contributed by atoms with van der Waals surface area (Å²) in [6.07, 6.45) is 9.73. The van der Waals surface area contributed by atoms with Gasteiger partial charge in [-0.1, -0.05) is 29.9 Å². The summed E-state index contributed by atoms with van der Waals surface area (Å²) in [5.74, 6) is 2.62. The molecule has 0 atom stereocenters. The van der Waals surface area contributed by atoms with E-state index in [-0.39, 0.29) is 0 Å². The number of piperidine rings is 1. The van der Waals surface area contributed by atoms with Crippen LogP contribution in [0.5, 0.6) is 5.75 Å². The third kappa shape index (κ3) is 6.37. The molecule has 6 nitrogen and oxygen atoms in total. The second kappa shape index (κ2) is 11.1. The molecule has 0 radical (unpaired) electrons. The molecule has 1 saturated heterocycles. The Balaban J connectivity index is 1.34. The lowest BCUT2D eigenvalue weighted by molar-refractivity contribution is 0.176. The fourth-order valence-electron chi connectivity index (χ4n) is 3.35. The molecule has 0 saturated carbocycles. The second-order valence-electron chi connectivity index (χ2n) is 6.89. The van der Waals surface area contributed by atoms with Crippen LogP contribution in [0.3, 0.4) is 0 Å². The summed E-state index contributed by atoms with van der Waals surface area (Å²) in [5.41, 5.74) is 0.956. The molecule has 1 fully saturated rings. The molecular weight excluding hydrogens is 352 g/mol. The van der Waals surface area contributed by atoms with Gasteiger partial charge in [0.05, 0.1) is 12.8 Å². The van der Waals surface area contributed by atoms with E-state index in [9.17, 15) is 0 Å². The van der Waals surface area contributed by atoms with E-state index in [1.807, 2.05) is 36.4 Å². The van der Waals surface area contributed by atoms with Gasteiger partial charge in [-0.15, -0.1) is 5.10 Å². The number of aromatic nitrogens is 2. The molecule has 0 bridgehead atoms. The van der Waals surface area contributed by atoms with E-state index < -0.39 is 0 Å². The number of ether oxygens (including phenoxy) is 1. The number of anilines is 1. The number of oxime groups is 1. The van der Waals surface area contributed by atoms with Crippen molar-refractivity contribution in [3.8, 4) is 5.75 Å². The first-order chi connectivity index (χ1) is 13.8. The lowest BCUT2D eigenvalue weighted by atomic mass is 9.92. The molecule has 2 aromatic rings. The van der Waals surface area contributed by atoms with Crippen molar-refractivity contribution in [2.75, 3.05) is 31.2 Å². The van der Waals surface area contributed by atoms with Crippen LogP contribution in [0.2, 0.25) is 0 Å². The smallest absolute Gasteiger partial charge is 0.151 e. The molecule has 28 heavy (non-hydrogen) atoms. The lowest BCUT2D eigenvalue weighted by Crippen LogP contribution is -2.34. The summed E-state index contributed by atoms with van der Waals surface area (Å²) in [7, 11) is 0. The zero-order valence-corrected chi connectivity index (χ0v) is 16.2. The van der Waals surface area contributed by atoms with Crippen molar-refractivity contribution in [1.29, 1.82) is 0 Å². The summed E-state index contributed by atoms with van der Waals surface area (Å²) in [6, 6.07) is 11.9. The highest BCUT2D eigenvalue weighted by atomic mass is 16.6. The highest BCUT2D eigenvalue weighted by Crippen LogP contribution is 2.24. The predicted octanol–water partition coefficient (Wildman–Crippen LogP) is 4.09. The monoisotopic (exact) mass is 380 g/mol. The van der Waals surface area contributed by atoms with Gasteiger partial charge in [-0.05, 0) is 61.4 Å². The standard InChI is InChI=1S/C22H28N4O2/c1-2-15-28-24-18-20-6-3-8-21(17-20)27-16-5-7-19-10-13-26(14-11-19)22-9-4-12-23-25-22/h2-4,6,8-9,12,17-19H,1,5,7,10-11,13-16H2. The van der Waals surface area contributed by atoms with Gasteiger partial charge in [-0.2, -0.15) is 5.10 Å². The SMILES string of the molecule is C=CCON=Cc1cccc(OCCCC2CCN(c3cccnn3)CC2)c1. The number of benzene rings is 1. The van der Waals surface area contributed by atoms with Gasteiger partial charge in [-0.25, -0.2) is 0 Å². The van der Waals surface area contributed by atoms with E-state index in [0.29, 0.717) is 6.61 Å². The third-order valence-corrected chi connectivity index (χ3v) is 4.85. The maximum Gasteiger partial charge on any atom is 0.151 e. The van der Waals surface area contributed by atoms with Crippen LogP contribution in [-0.4, -0.2) is 42.7 Å². The summed E-state index contributed by atoms with van der Waals surface area (Å²) >= 11 is 0. The Morgan fingerprint density at radius 3 is 2.89 bits per heavy atom. The van der Waals surface area contributed by atoms with E-state index in [0.717, 1.165) is 49.2 Å². The number of rotatable bonds is 10. The van der Waals surface area contributed by atoms with Gasteiger partial charge < -0.3 is 14.5 Å². The molecule has 1 aliphatic rings. The average Bonchev–Trinajstić information content (AvgIpc) is 2.76. The molecule has 0 spiro atoms. The first-order valence-electron chi connectivity index (χ1n) is 9.87. The van der Waals surface area contributed by atoms with Crippen molar-refractivity contribution < 1.29 is 9.57 Å². The number of hydrogen-bond donors (Lipinski definition) is 0. The molecule has 0 amide bonds. The first kappa shape index (κ1) is 19.9. The Hall–Kier alpha value is -2.89. The van der Waals surface area contributed by atoms with E-state index in [4.69, 9.17) is 9.57 Å². The Morgan fingerprint density at radius 2 is 2.11 bits per heavy atom. The van der Waals surface area contributed by atoms with Crippen molar-refractivity contribution in [2.45, 2.75) is 25.7 Å². The molecule has 0 aliphatic carbocycles. The molecule has 3 rings (SSSR count). The molecular formula is C22H28N4O2. The topological polar surface area (TPSA) is 59.8 Å². The van der Waals surface area contributed by atoms with Crippen LogP contribution in [0.25, 0.3) is 0 Å². The molecule has 1 aromatic heterocycles. The fourth-order valence-corrected chi connectivity index (χ4v) is 3.35. The molecule has 0 N–H and O–H groups in total. The first-order valence-corrected chi connectivity index (χ1v) is 9.87. The van der Waals surface area contributed by atoms with Crippen LogP contribution < -0.4 is 9.64 Å². The maximum atomic E-state index is 5.91. The van der Waals surface area contributed by atoms with Crippen LogP contribution in [0.1, 0.15) is 31.2 Å². The molecule has 1 aliphatic heterocycles. The molecule has 148 valence electrons. The van der Waals surface area contributed by atoms with Gasteiger partial charge in [-0.3, -0.25) is 0 Å². The summed E-state index contributed by atoms with van der Waals surface area (Å²) in [5, 5.41) is 12.1. The zero-order valence-electron chi connectivity index (χ0n) is 16.2. The minimum absolute atomic E-state index is 0.407. The quantitative estimate of drug-likeness (QED) is 0.269. The minimum atomic E-state index is 0.407. The van der Waals surface area contributed by atoms with Gasteiger partial charge in [0, 0.05) is 19.3 Å². The maximum absolute atomic E-state index is 5.91. The fraction of sp³-hybridized carbons (Fsp3) is 0.409. The third-order valence-electron chi connectivity index (χ3n) is 4.85. The largest absolute Gasteiger partial charge is 0.494 e. The Labute approximate surface area is 166 Å². The highest BCUT2D eigenvalue weighted by molar-refractivity contribution is 5.79. The van der Waals surface area contributed by atoms with Crippen molar-refractivity contribution >= 4 is 12.0 Å². The minimum Gasteiger partial charge on any atom is -0.494 e. The van der Waals surface area contributed by atoms with Gasteiger partial charge in [0.15, 0.2) is 5.82 Å². The van der Waals surface area contributed by atoms with Crippen LogP contribution in [0.4, 0.5) is 5.82 Å². The van der Waals surface area contributed by atoms with E-state index in [1.165, 1.54) is 19.3 Å². The van der Waals surface area contributed by atoms with E-state index in [1.54, 1.807) is 18.5 Å². The summed E-state index contributed by atoms with van der Waals surface area (Å²) in [4.78, 5) is 7.35. The average molecular weight is 380 g/mol. The summed E-state index contributed by atoms with van der Waals surface area (Å²) in [6.45, 7) is 6.84. The normalized spacial score (nSPS) is 14.9. The Morgan fingerprint density at radius 1 is 1.21 bits per heavy atom. The van der Waals surface area contributed by atoms with Gasteiger partial charge in [0.1, 0.15) is 12.4 Å². The highest BCUT2D eigenvalue weighted by Gasteiger charge is 2.19. The van der Waals surface area contributed by atoms with Gasteiger partial charge in [0.25, 0.3) is 0 Å². The molecule has 1 aromatic carbocycles. The second-order valence-corrected chi connectivity index (χ2v) is 6.89. The van der Waals surface area contributed by atoms with Crippen molar-refractivity contribution in [2.24, 2.45) is 11.1 Å². The van der Waals surface area contributed by atoms with Gasteiger partial charge >= 0.3 is 0 Å². The van der Waals surface area contributed by atoms with Crippen molar-refractivity contribution in [3.63, 3.8) is 0 Å². The summed E-state index contributed by atoms with van der Waals surface area (Å²) < 4.78 is 5.91. The van der Waals surface area contributed by atoms with Gasteiger partial charge in [0.2, 0.25) is 0 Å². The number of nitrogens with zero attached hydrogens (tertiary/aromatic N) is 4. The Bertz CT molecular complexity index is 743. The van der Waals surface area contributed by atoms with E-state index >= 15 is 0 Å². The van der Waals surface area contributed by atoms with E-state index in [2.05, 4.69) is 26.8 Å². The Kier molecular flexibility index (Phi) is 7.85. The van der Waals surface area contributed by atoms with Crippen LogP contribution >= 0.6 is 0 Å².